The number of anilines is 1. The Bertz CT molecular complexity index is 467. The Morgan fingerprint density at radius 2 is 1.95 bits per heavy atom. The highest BCUT2D eigenvalue weighted by Gasteiger charge is 2.13. The van der Waals surface area contributed by atoms with Crippen molar-refractivity contribution in [3.8, 4) is 0 Å². The van der Waals surface area contributed by atoms with E-state index in [1.807, 2.05) is 6.92 Å². The molecular formula is C12H21N5O2. The lowest BCUT2D eigenvalue weighted by Crippen LogP contribution is -2.38. The minimum Gasteiger partial charge on any atom is -0.348 e. The third kappa shape index (κ3) is 4.70. The summed E-state index contributed by atoms with van der Waals surface area (Å²) in [6.45, 7) is 2.23. The highest BCUT2D eigenvalue weighted by atomic mass is 16.2. The van der Waals surface area contributed by atoms with E-state index in [-0.39, 0.29) is 24.9 Å². The number of nitrogens with zero attached hydrogens (tertiary/aromatic N) is 4. The summed E-state index contributed by atoms with van der Waals surface area (Å²) in [5.41, 5.74) is 0.842. The monoisotopic (exact) mass is 267 g/mol. The van der Waals surface area contributed by atoms with Gasteiger partial charge in [0.1, 0.15) is 5.82 Å². The molecular weight excluding hydrogens is 246 g/mol. The van der Waals surface area contributed by atoms with Crippen LogP contribution in [0.5, 0.6) is 0 Å². The van der Waals surface area contributed by atoms with Crippen molar-refractivity contribution in [1.82, 2.24) is 19.6 Å². The number of aryl methyl sites for hydroxylation is 2. The lowest BCUT2D eigenvalue weighted by molar-refractivity contribution is -0.130. The molecule has 0 saturated carbocycles. The van der Waals surface area contributed by atoms with E-state index in [4.69, 9.17) is 0 Å². The molecule has 0 aliphatic heterocycles. The molecule has 0 bridgehead atoms. The Morgan fingerprint density at radius 1 is 1.32 bits per heavy atom. The fraction of sp³-hybridized carbons (Fsp3) is 0.583. The molecule has 0 aromatic carbocycles. The van der Waals surface area contributed by atoms with Crippen molar-refractivity contribution in [3.63, 3.8) is 0 Å². The fourth-order valence-corrected chi connectivity index (χ4v) is 1.58. The van der Waals surface area contributed by atoms with Gasteiger partial charge in [-0.15, -0.1) is 0 Å². The van der Waals surface area contributed by atoms with E-state index in [1.165, 1.54) is 4.90 Å². The summed E-state index contributed by atoms with van der Waals surface area (Å²) in [5.74, 6) is 0.443. The maximum atomic E-state index is 11.8. The average molecular weight is 267 g/mol. The van der Waals surface area contributed by atoms with Crippen molar-refractivity contribution in [3.05, 3.63) is 11.8 Å². The van der Waals surface area contributed by atoms with Gasteiger partial charge in [-0.2, -0.15) is 5.10 Å². The third-order valence-corrected chi connectivity index (χ3v) is 2.59. The largest absolute Gasteiger partial charge is 0.348 e. The standard InChI is InChI=1S/C12H21N5O2/c1-9-6-10(17(5)14-9)13-11(18)7-16(4)8-12(19)15(2)3/h6H,7-8H2,1-5H3,(H,13,18). The summed E-state index contributed by atoms with van der Waals surface area (Å²) in [5, 5.41) is 6.90. The van der Waals surface area contributed by atoms with Crippen molar-refractivity contribution >= 4 is 17.6 Å². The topological polar surface area (TPSA) is 70.5 Å². The van der Waals surface area contributed by atoms with E-state index in [2.05, 4.69) is 10.4 Å². The first-order valence-corrected chi connectivity index (χ1v) is 5.98. The zero-order valence-electron chi connectivity index (χ0n) is 12.1. The maximum Gasteiger partial charge on any atom is 0.239 e. The van der Waals surface area contributed by atoms with E-state index in [0.717, 1.165) is 5.69 Å². The van der Waals surface area contributed by atoms with Gasteiger partial charge >= 0.3 is 0 Å². The minimum atomic E-state index is -0.169. The number of hydrogen-bond donors (Lipinski definition) is 1. The molecule has 0 spiro atoms. The van der Waals surface area contributed by atoms with E-state index in [9.17, 15) is 9.59 Å². The first kappa shape index (κ1) is 15.2. The molecule has 1 aromatic heterocycles. The average Bonchev–Trinajstić information content (AvgIpc) is 2.56. The van der Waals surface area contributed by atoms with Crippen molar-refractivity contribution in [2.24, 2.45) is 7.05 Å². The van der Waals surface area contributed by atoms with Crippen molar-refractivity contribution < 1.29 is 9.59 Å². The lowest BCUT2D eigenvalue weighted by Gasteiger charge is -2.18. The molecule has 1 rings (SSSR count). The van der Waals surface area contributed by atoms with Gasteiger partial charge in [0, 0.05) is 27.2 Å². The van der Waals surface area contributed by atoms with Crippen LogP contribution in [0.3, 0.4) is 0 Å². The van der Waals surface area contributed by atoms with Crippen LogP contribution in [0.15, 0.2) is 6.07 Å². The lowest BCUT2D eigenvalue weighted by atomic mass is 10.4. The number of nitrogens with one attached hydrogen (secondary N) is 1. The van der Waals surface area contributed by atoms with Gasteiger partial charge in [-0.1, -0.05) is 0 Å². The van der Waals surface area contributed by atoms with Crippen molar-refractivity contribution in [2.45, 2.75) is 6.92 Å². The quantitative estimate of drug-likeness (QED) is 0.794. The maximum absolute atomic E-state index is 11.8. The molecule has 106 valence electrons. The first-order valence-electron chi connectivity index (χ1n) is 5.98. The highest BCUT2D eigenvalue weighted by Crippen LogP contribution is 2.07. The van der Waals surface area contributed by atoms with Crippen molar-refractivity contribution in [2.75, 3.05) is 39.5 Å². The van der Waals surface area contributed by atoms with Gasteiger partial charge in [-0.05, 0) is 14.0 Å². The molecule has 7 heteroatoms. The van der Waals surface area contributed by atoms with Gasteiger partial charge in [0.05, 0.1) is 18.8 Å². The van der Waals surface area contributed by atoms with Gasteiger partial charge in [0.2, 0.25) is 11.8 Å². The normalized spacial score (nSPS) is 10.6. The second-order valence-corrected chi connectivity index (χ2v) is 4.80. The zero-order chi connectivity index (χ0) is 14.6. The summed E-state index contributed by atoms with van der Waals surface area (Å²) >= 11 is 0. The Hall–Kier alpha value is -1.89. The van der Waals surface area contributed by atoms with Crippen LogP contribution in [0.1, 0.15) is 5.69 Å². The molecule has 7 nitrogen and oxygen atoms in total. The molecule has 1 heterocycles. The first-order chi connectivity index (χ1) is 8.79. The number of amides is 2. The third-order valence-electron chi connectivity index (χ3n) is 2.59. The van der Waals surface area contributed by atoms with Gasteiger partial charge in [0.15, 0.2) is 0 Å². The van der Waals surface area contributed by atoms with Gasteiger partial charge in [-0.25, -0.2) is 0 Å². The highest BCUT2D eigenvalue weighted by molar-refractivity contribution is 5.91. The second kappa shape index (κ2) is 6.33. The van der Waals surface area contributed by atoms with Crippen LogP contribution in [-0.4, -0.2) is 65.6 Å². The van der Waals surface area contributed by atoms with Crippen LogP contribution in [0.25, 0.3) is 0 Å². The number of carbonyl (C=O) groups is 2. The number of hydrogen-bond acceptors (Lipinski definition) is 4. The SMILES string of the molecule is Cc1cc(NC(=O)CN(C)CC(=O)N(C)C)n(C)n1. The van der Waals surface area contributed by atoms with Crippen LogP contribution >= 0.6 is 0 Å². The molecule has 2 amide bonds. The van der Waals surface area contributed by atoms with Crippen LogP contribution in [0.4, 0.5) is 5.82 Å². The summed E-state index contributed by atoms with van der Waals surface area (Å²) < 4.78 is 1.61. The molecule has 0 aliphatic rings. The molecule has 0 aliphatic carbocycles. The Morgan fingerprint density at radius 3 is 2.42 bits per heavy atom. The molecule has 0 radical (unpaired) electrons. The molecule has 1 aromatic rings. The summed E-state index contributed by atoms with van der Waals surface area (Å²) in [6, 6.07) is 1.79. The Labute approximate surface area is 113 Å². The molecule has 1 N–H and O–H groups in total. The van der Waals surface area contributed by atoms with Crippen LogP contribution < -0.4 is 5.32 Å². The summed E-state index contributed by atoms with van der Waals surface area (Å²) in [4.78, 5) is 26.5. The number of aromatic nitrogens is 2. The molecule has 0 saturated heterocycles. The Balaban J connectivity index is 2.47. The number of rotatable bonds is 5. The van der Waals surface area contributed by atoms with Crippen LogP contribution in [0, 0.1) is 6.92 Å². The smallest absolute Gasteiger partial charge is 0.239 e. The predicted molar refractivity (Wildman–Crippen MR) is 72.8 cm³/mol. The van der Waals surface area contributed by atoms with E-state index in [1.54, 1.807) is 43.8 Å². The Kier molecular flexibility index (Phi) is 5.05. The van der Waals surface area contributed by atoms with Gasteiger partial charge in [-0.3, -0.25) is 19.2 Å². The number of carbonyl (C=O) groups excluding carboxylic acids is 2. The predicted octanol–water partition coefficient (Wildman–Crippen LogP) is -0.313. The van der Waals surface area contributed by atoms with E-state index >= 15 is 0 Å². The fourth-order valence-electron chi connectivity index (χ4n) is 1.58. The van der Waals surface area contributed by atoms with Crippen LogP contribution in [0.2, 0.25) is 0 Å². The molecule has 0 unspecified atom stereocenters. The van der Waals surface area contributed by atoms with E-state index in [0.29, 0.717) is 5.82 Å². The minimum absolute atomic E-state index is 0.0355. The summed E-state index contributed by atoms with van der Waals surface area (Å²) in [6.07, 6.45) is 0. The second-order valence-electron chi connectivity index (χ2n) is 4.80. The van der Waals surface area contributed by atoms with Gasteiger partial charge < -0.3 is 10.2 Å². The zero-order valence-corrected chi connectivity index (χ0v) is 12.1. The van der Waals surface area contributed by atoms with E-state index < -0.39 is 0 Å². The molecule has 19 heavy (non-hydrogen) atoms. The molecule has 0 fully saturated rings. The van der Waals surface area contributed by atoms with Crippen LogP contribution in [-0.2, 0) is 16.6 Å². The molecule has 0 atom stereocenters. The number of likely N-dealkylation sites (N-methyl/N-ethyl adjacent to an activating group) is 2. The van der Waals surface area contributed by atoms with Gasteiger partial charge in [0.25, 0.3) is 0 Å². The summed E-state index contributed by atoms with van der Waals surface area (Å²) in [7, 11) is 6.88. The van der Waals surface area contributed by atoms with Crippen molar-refractivity contribution in [1.29, 1.82) is 0 Å².